The van der Waals surface area contributed by atoms with Crippen molar-refractivity contribution in [3.8, 4) is 0 Å². The van der Waals surface area contributed by atoms with E-state index in [1.54, 1.807) is 0 Å². The Morgan fingerprint density at radius 1 is 0.769 bits per heavy atom. The van der Waals surface area contributed by atoms with Crippen LogP contribution in [0.3, 0.4) is 0 Å². The Kier molecular flexibility index (Phi) is 5.23. The zero-order valence-corrected chi connectivity index (χ0v) is 16.2. The molecule has 1 aliphatic heterocycles. The van der Waals surface area contributed by atoms with E-state index in [9.17, 15) is 0 Å². The van der Waals surface area contributed by atoms with Crippen molar-refractivity contribution in [2.24, 2.45) is 5.92 Å². The Labute approximate surface area is 162 Å². The minimum Gasteiger partial charge on any atom is -0.305 e. The number of hydrogen-bond acceptors (Lipinski definition) is 2. The molecule has 0 radical (unpaired) electrons. The second-order valence-electron chi connectivity index (χ2n) is 7.51. The molecule has 2 aromatic carbocycles. The van der Waals surface area contributed by atoms with Crippen LogP contribution in [0, 0.1) is 5.92 Å². The predicted octanol–water partition coefficient (Wildman–Crippen LogP) is 5.09. The normalized spacial score (nSPS) is 24.7. The van der Waals surface area contributed by atoms with Crippen LogP contribution in [0.1, 0.15) is 32.6 Å². The maximum Gasteiger partial charge on any atom is 0.182 e. The summed E-state index contributed by atoms with van der Waals surface area (Å²) in [4.78, 5) is 7.19. The molecular formula is C22H27N3S. The van der Waals surface area contributed by atoms with Crippen molar-refractivity contribution in [2.45, 2.75) is 38.6 Å². The fourth-order valence-corrected chi connectivity index (χ4v) is 4.65. The van der Waals surface area contributed by atoms with Gasteiger partial charge in [0.1, 0.15) is 0 Å². The van der Waals surface area contributed by atoms with E-state index in [-0.39, 0.29) is 0 Å². The molecular weight excluding hydrogens is 338 g/mol. The fraction of sp³-hybridized carbons (Fsp3) is 0.409. The Balaban J connectivity index is 1.67. The number of anilines is 2. The van der Waals surface area contributed by atoms with Crippen LogP contribution in [0.4, 0.5) is 11.4 Å². The fourth-order valence-electron chi connectivity index (χ4n) is 4.32. The first-order valence-corrected chi connectivity index (χ1v) is 10.1. The van der Waals surface area contributed by atoms with Crippen molar-refractivity contribution in [1.82, 2.24) is 4.90 Å². The van der Waals surface area contributed by atoms with Crippen LogP contribution >= 0.6 is 12.2 Å². The number of rotatable bonds is 3. The van der Waals surface area contributed by atoms with Crippen molar-refractivity contribution in [3.05, 3.63) is 60.7 Å². The summed E-state index contributed by atoms with van der Waals surface area (Å²) in [5.74, 6) is 0.741. The Morgan fingerprint density at radius 2 is 1.27 bits per heavy atom. The smallest absolute Gasteiger partial charge is 0.182 e. The summed E-state index contributed by atoms with van der Waals surface area (Å²) >= 11 is 5.92. The molecule has 0 N–H and O–H groups in total. The third-order valence-electron chi connectivity index (χ3n) is 5.78. The number of para-hydroxylation sites is 2. The minimum absolute atomic E-state index is 0.629. The van der Waals surface area contributed by atoms with E-state index in [0.717, 1.165) is 24.4 Å². The van der Waals surface area contributed by atoms with Gasteiger partial charge in [-0.05, 0) is 55.2 Å². The van der Waals surface area contributed by atoms with E-state index in [0.29, 0.717) is 6.04 Å². The van der Waals surface area contributed by atoms with Crippen LogP contribution in [0.5, 0.6) is 0 Å². The molecule has 0 aromatic heterocycles. The first kappa shape index (κ1) is 17.5. The van der Waals surface area contributed by atoms with E-state index in [1.807, 2.05) is 0 Å². The van der Waals surface area contributed by atoms with Crippen LogP contribution in [-0.2, 0) is 0 Å². The number of benzene rings is 2. The summed E-state index contributed by atoms with van der Waals surface area (Å²) in [7, 11) is 0. The summed E-state index contributed by atoms with van der Waals surface area (Å²) in [5, 5.41) is 0.891. The van der Waals surface area contributed by atoms with E-state index in [1.165, 1.54) is 37.1 Å². The van der Waals surface area contributed by atoms with Crippen molar-refractivity contribution >= 4 is 28.7 Å². The first-order chi connectivity index (χ1) is 12.7. The lowest BCUT2D eigenvalue weighted by Crippen LogP contribution is -2.62. The van der Waals surface area contributed by atoms with Crippen molar-refractivity contribution in [1.29, 1.82) is 0 Å². The van der Waals surface area contributed by atoms with Crippen LogP contribution in [0.25, 0.3) is 0 Å². The van der Waals surface area contributed by atoms with Gasteiger partial charge in [0.15, 0.2) is 5.11 Å². The van der Waals surface area contributed by atoms with Gasteiger partial charge in [0.25, 0.3) is 0 Å². The van der Waals surface area contributed by atoms with Gasteiger partial charge in [0.05, 0.1) is 13.3 Å². The van der Waals surface area contributed by atoms with Crippen molar-refractivity contribution < 1.29 is 0 Å². The van der Waals surface area contributed by atoms with E-state index < -0.39 is 0 Å². The van der Waals surface area contributed by atoms with Gasteiger partial charge < -0.3 is 9.80 Å². The molecule has 1 saturated heterocycles. The highest BCUT2D eigenvalue weighted by Gasteiger charge is 2.35. The van der Waals surface area contributed by atoms with Gasteiger partial charge in [-0.25, -0.2) is 0 Å². The third-order valence-corrected chi connectivity index (χ3v) is 6.22. The molecule has 2 atom stereocenters. The monoisotopic (exact) mass is 365 g/mol. The molecule has 0 bridgehead atoms. The Hall–Kier alpha value is -1.91. The molecule has 4 rings (SSSR count). The molecule has 2 aliphatic rings. The van der Waals surface area contributed by atoms with Gasteiger partial charge >= 0.3 is 0 Å². The summed E-state index contributed by atoms with van der Waals surface area (Å²) in [6.07, 6.45) is 5.34. The largest absolute Gasteiger partial charge is 0.305 e. The minimum atomic E-state index is 0.629. The van der Waals surface area contributed by atoms with E-state index in [4.69, 9.17) is 12.2 Å². The molecule has 4 heteroatoms. The molecule has 0 amide bonds. The van der Waals surface area contributed by atoms with Gasteiger partial charge in [0, 0.05) is 17.4 Å². The third kappa shape index (κ3) is 3.49. The molecule has 2 fully saturated rings. The molecule has 1 saturated carbocycles. The van der Waals surface area contributed by atoms with Gasteiger partial charge in [-0.3, -0.25) is 4.90 Å². The molecule has 0 spiro atoms. The Bertz CT molecular complexity index is 682. The lowest BCUT2D eigenvalue weighted by molar-refractivity contribution is 0.113. The molecule has 26 heavy (non-hydrogen) atoms. The molecule has 3 nitrogen and oxygen atoms in total. The quantitative estimate of drug-likeness (QED) is 0.700. The van der Waals surface area contributed by atoms with Gasteiger partial charge in [-0.1, -0.05) is 56.2 Å². The predicted molar refractivity (Wildman–Crippen MR) is 113 cm³/mol. The van der Waals surface area contributed by atoms with Crippen LogP contribution < -0.4 is 9.80 Å². The van der Waals surface area contributed by atoms with Crippen molar-refractivity contribution in [3.63, 3.8) is 0 Å². The number of hydrogen-bond donors (Lipinski definition) is 0. The molecule has 1 heterocycles. The summed E-state index contributed by atoms with van der Waals surface area (Å²) < 4.78 is 0. The van der Waals surface area contributed by atoms with Gasteiger partial charge in [-0.15, -0.1) is 0 Å². The maximum atomic E-state index is 5.92. The highest BCUT2D eigenvalue weighted by atomic mass is 32.1. The van der Waals surface area contributed by atoms with Crippen LogP contribution in [-0.4, -0.2) is 29.4 Å². The molecule has 136 valence electrons. The van der Waals surface area contributed by atoms with Gasteiger partial charge in [0.2, 0.25) is 0 Å². The number of nitrogens with zero attached hydrogens (tertiary/aromatic N) is 3. The SMILES string of the molecule is CC1CCCCC1N1CN(c2ccccc2)C(=S)N(c2ccccc2)C1. The zero-order valence-electron chi connectivity index (χ0n) is 15.4. The summed E-state index contributed by atoms with van der Waals surface area (Å²) in [6, 6.07) is 21.7. The molecule has 2 unspecified atom stereocenters. The average molecular weight is 366 g/mol. The highest BCUT2D eigenvalue weighted by Crippen LogP contribution is 2.32. The van der Waals surface area contributed by atoms with Crippen molar-refractivity contribution in [2.75, 3.05) is 23.1 Å². The number of thiocarbonyl (C=S) groups is 1. The second kappa shape index (κ2) is 7.77. The van der Waals surface area contributed by atoms with Crippen LogP contribution in [0.15, 0.2) is 60.7 Å². The summed E-state index contributed by atoms with van der Waals surface area (Å²) in [5.41, 5.74) is 2.35. The standard InChI is InChI=1S/C22H27N3S/c1-18-10-8-9-15-21(18)23-16-24(19-11-4-2-5-12-19)22(26)25(17-23)20-13-6-3-7-14-20/h2-7,11-14,18,21H,8-10,15-17H2,1H3. The van der Waals surface area contributed by atoms with E-state index >= 15 is 0 Å². The Morgan fingerprint density at radius 3 is 1.77 bits per heavy atom. The lowest BCUT2D eigenvalue weighted by Gasteiger charge is -2.49. The average Bonchev–Trinajstić information content (AvgIpc) is 2.70. The lowest BCUT2D eigenvalue weighted by atomic mass is 9.85. The maximum absolute atomic E-state index is 5.92. The zero-order chi connectivity index (χ0) is 17.9. The first-order valence-electron chi connectivity index (χ1n) is 9.67. The van der Waals surface area contributed by atoms with E-state index in [2.05, 4.69) is 82.3 Å². The molecule has 1 aliphatic carbocycles. The highest BCUT2D eigenvalue weighted by molar-refractivity contribution is 7.80. The van der Waals surface area contributed by atoms with Crippen LogP contribution in [0.2, 0.25) is 0 Å². The topological polar surface area (TPSA) is 9.72 Å². The molecule has 2 aromatic rings. The summed E-state index contributed by atoms with van der Waals surface area (Å²) in [6.45, 7) is 4.17. The van der Waals surface area contributed by atoms with Gasteiger partial charge in [-0.2, -0.15) is 0 Å². The second-order valence-corrected chi connectivity index (χ2v) is 7.88.